The fraction of sp³-hybridized carbons (Fsp3) is 0.138. The van der Waals surface area contributed by atoms with Crippen molar-refractivity contribution in [2.24, 2.45) is 4.76 Å². The quantitative estimate of drug-likeness (QED) is 0.199. The number of hydrogen-bond donors (Lipinski definition) is 0. The molecule has 0 N–H and O–H groups in total. The first-order valence-electron chi connectivity index (χ1n) is 11.6. The van der Waals surface area contributed by atoms with Gasteiger partial charge in [-0.15, -0.1) is 0 Å². The van der Waals surface area contributed by atoms with Crippen molar-refractivity contribution in [2.45, 2.75) is 13.6 Å². The van der Waals surface area contributed by atoms with E-state index < -0.39 is 7.56 Å². The largest absolute Gasteiger partial charge is 0.340 e. The van der Waals surface area contributed by atoms with E-state index in [0.717, 1.165) is 5.56 Å². The molecule has 0 fully saturated rings. The molecule has 3 aromatic carbocycles. The molecule has 6 heteroatoms. The van der Waals surface area contributed by atoms with Crippen LogP contribution in [-0.2, 0) is 11.5 Å². The van der Waals surface area contributed by atoms with Crippen molar-refractivity contribution < 1.29 is 9.40 Å². The average Bonchev–Trinajstić information content (AvgIpc) is 3.31. The fourth-order valence-corrected chi connectivity index (χ4v) is 6.89. The van der Waals surface area contributed by atoms with E-state index in [1.807, 2.05) is 60.7 Å². The summed E-state index contributed by atoms with van der Waals surface area (Å²) < 4.78 is 7.44. The highest BCUT2D eigenvalue weighted by Crippen LogP contribution is 2.64. The van der Waals surface area contributed by atoms with Gasteiger partial charge >= 0.3 is 7.56 Å². The Morgan fingerprint density at radius 2 is 1.26 bits per heavy atom. The maximum absolute atomic E-state index is 6.49. The van der Waals surface area contributed by atoms with Gasteiger partial charge in [0.1, 0.15) is 10.6 Å². The minimum Gasteiger partial charge on any atom is -0.340 e. The molecule has 178 valence electrons. The van der Waals surface area contributed by atoms with Crippen molar-refractivity contribution in [3.8, 4) is 0 Å². The summed E-state index contributed by atoms with van der Waals surface area (Å²) in [4.78, 5) is 8.56. The van der Waals surface area contributed by atoms with Crippen molar-refractivity contribution >= 4 is 40.4 Å². The summed E-state index contributed by atoms with van der Waals surface area (Å²) in [6.45, 7) is 2.72. The third-order valence-electron chi connectivity index (χ3n) is 5.56. The van der Waals surface area contributed by atoms with Crippen LogP contribution in [0.2, 0.25) is 0 Å². The summed E-state index contributed by atoms with van der Waals surface area (Å²) in [6.07, 6.45) is 6.24. The van der Waals surface area contributed by atoms with Crippen molar-refractivity contribution in [1.29, 1.82) is 0 Å². The average molecular weight is 502 g/mol. The molecule has 1 aliphatic rings. The van der Waals surface area contributed by atoms with Gasteiger partial charge in [-0.3, -0.25) is 0 Å². The molecule has 0 aliphatic carbocycles. The number of rotatable bonds is 6. The van der Waals surface area contributed by atoms with Gasteiger partial charge in [0, 0.05) is 17.7 Å². The highest BCUT2D eigenvalue weighted by atomic mass is 32.2. The minimum atomic E-state index is -2.37. The molecule has 2 heterocycles. The molecule has 1 unspecified atom stereocenters. The summed E-state index contributed by atoms with van der Waals surface area (Å²) >= 11 is 0. The van der Waals surface area contributed by atoms with Crippen LogP contribution in [0.25, 0.3) is 0 Å². The van der Waals surface area contributed by atoms with Gasteiger partial charge in [-0.05, 0) is 48.4 Å². The molecule has 4 nitrogen and oxygen atoms in total. The summed E-state index contributed by atoms with van der Waals surface area (Å²) in [6, 6.07) is 37.2. The maximum atomic E-state index is 6.49. The third-order valence-corrected chi connectivity index (χ3v) is 9.90. The molecule has 5 rings (SSSR count). The second-order valence-corrected chi connectivity index (χ2v) is 13.1. The fourth-order valence-electron chi connectivity index (χ4n) is 3.63. The van der Waals surface area contributed by atoms with E-state index in [2.05, 4.69) is 89.4 Å². The lowest BCUT2D eigenvalue weighted by molar-refractivity contribution is -0.719. The zero-order valence-electron chi connectivity index (χ0n) is 20.3. The Kier molecular flexibility index (Phi) is 8.59. The Bertz CT molecular complexity index is 1210. The highest BCUT2D eigenvalue weighted by molar-refractivity contribution is 8.13. The number of pyridine rings is 1. The van der Waals surface area contributed by atoms with Crippen LogP contribution in [0.5, 0.6) is 0 Å². The topological polar surface area (TPSA) is 28.7 Å². The van der Waals surface area contributed by atoms with Gasteiger partial charge in [0.15, 0.2) is 12.4 Å². The molecule has 0 spiro atoms. The van der Waals surface area contributed by atoms with Crippen molar-refractivity contribution in [3.05, 3.63) is 127 Å². The maximum Gasteiger partial charge on any atom is 0.318 e. The predicted octanol–water partition coefficient (Wildman–Crippen LogP) is 5.46. The summed E-state index contributed by atoms with van der Waals surface area (Å²) in [5, 5.41) is 2.33. The van der Waals surface area contributed by atoms with E-state index in [4.69, 9.17) is 9.60 Å². The first kappa shape index (κ1) is 25.0. The van der Waals surface area contributed by atoms with E-state index >= 15 is 0 Å². The van der Waals surface area contributed by atoms with E-state index in [-0.39, 0.29) is 0 Å². The van der Waals surface area contributed by atoms with Crippen LogP contribution in [-0.4, -0.2) is 28.6 Å². The summed E-state index contributed by atoms with van der Waals surface area (Å²) in [5.41, 5.74) is 0.981. The van der Waals surface area contributed by atoms with E-state index in [9.17, 15) is 0 Å². The van der Waals surface area contributed by atoms with Gasteiger partial charge in [-0.25, -0.2) is 0 Å². The van der Waals surface area contributed by atoms with Gasteiger partial charge in [-0.1, -0.05) is 78.2 Å². The van der Waals surface area contributed by atoms with Gasteiger partial charge in [-0.2, -0.15) is 15.1 Å². The molecule has 1 aliphatic heterocycles. The monoisotopic (exact) mass is 501 g/mol. The second-order valence-electron chi connectivity index (χ2n) is 8.09. The number of benzene rings is 3. The SMILES string of the molecule is C=S(C)CC.c1ccc(C2=N[P+](c3ccccc3)(c3ccccc3)N(C[n+]3ccccc3)O2)cc1. The van der Waals surface area contributed by atoms with Crippen molar-refractivity contribution in [3.63, 3.8) is 0 Å². The number of hydroxylamine groups is 1. The smallest absolute Gasteiger partial charge is 0.318 e. The van der Waals surface area contributed by atoms with Crippen molar-refractivity contribution in [2.75, 3.05) is 12.0 Å². The minimum absolute atomic E-state index is 0.427. The second kappa shape index (κ2) is 12.0. The van der Waals surface area contributed by atoms with Crippen LogP contribution in [0.4, 0.5) is 0 Å². The molecule has 0 bridgehead atoms. The number of nitrogens with zero attached hydrogens (tertiary/aromatic N) is 3. The summed E-state index contributed by atoms with van der Waals surface area (Å²) in [5.74, 6) is 5.67. The number of hydrogen-bond acceptors (Lipinski definition) is 3. The third kappa shape index (κ3) is 5.94. The van der Waals surface area contributed by atoms with Gasteiger partial charge in [0.25, 0.3) is 12.6 Å². The van der Waals surface area contributed by atoms with Gasteiger partial charge in [0.05, 0.1) is 4.83 Å². The predicted molar refractivity (Wildman–Crippen MR) is 153 cm³/mol. The van der Waals surface area contributed by atoms with E-state index in [1.165, 1.54) is 16.4 Å². The summed E-state index contributed by atoms with van der Waals surface area (Å²) in [7, 11) is -1.94. The van der Waals surface area contributed by atoms with Crippen LogP contribution < -0.4 is 15.2 Å². The Balaban J connectivity index is 0.000000527. The van der Waals surface area contributed by atoms with Crippen molar-refractivity contribution in [1.82, 2.24) is 4.83 Å². The lowest BCUT2D eigenvalue weighted by Crippen LogP contribution is -2.45. The first-order chi connectivity index (χ1) is 17.1. The van der Waals surface area contributed by atoms with Crippen LogP contribution in [0.1, 0.15) is 12.5 Å². The zero-order valence-corrected chi connectivity index (χ0v) is 22.0. The van der Waals surface area contributed by atoms with Crippen LogP contribution in [0, 0.1) is 0 Å². The van der Waals surface area contributed by atoms with E-state index in [1.54, 1.807) is 0 Å². The van der Waals surface area contributed by atoms with Gasteiger partial charge < -0.3 is 4.84 Å². The molecule has 0 radical (unpaired) electrons. The Morgan fingerprint density at radius 3 is 1.74 bits per heavy atom. The van der Waals surface area contributed by atoms with Gasteiger partial charge in [0.2, 0.25) is 0 Å². The van der Waals surface area contributed by atoms with Crippen LogP contribution in [0.15, 0.2) is 126 Å². The molecule has 1 aromatic heterocycles. The molecule has 1 atom stereocenters. The molecule has 0 amide bonds. The molecular weight excluding hydrogens is 469 g/mol. The molecule has 4 aromatic rings. The molecule has 0 saturated carbocycles. The normalized spacial score (nSPS) is 15.3. The Morgan fingerprint density at radius 1 is 0.800 bits per heavy atom. The lowest BCUT2D eigenvalue weighted by Gasteiger charge is -2.22. The van der Waals surface area contributed by atoms with E-state index in [0.29, 0.717) is 23.1 Å². The van der Waals surface area contributed by atoms with Crippen LogP contribution in [0.3, 0.4) is 0 Å². The highest BCUT2D eigenvalue weighted by Gasteiger charge is 2.60. The Labute approximate surface area is 211 Å². The number of aromatic nitrogens is 1. The molecule has 0 saturated heterocycles. The molecular formula is C29H32N3OPS+2. The lowest BCUT2D eigenvalue weighted by atomic mass is 10.2. The van der Waals surface area contributed by atoms with Crippen LogP contribution >= 0.6 is 18.0 Å². The Hall–Kier alpha value is -3.11. The molecule has 35 heavy (non-hydrogen) atoms. The first-order valence-corrected chi connectivity index (χ1v) is 15.3. The standard InChI is InChI=1S/C25H22N3OP.C4H10S/c1-5-13-22(14-6-1)25-26-30(23-15-7-2-8-16-23,24-17-9-3-10-18-24)28(29-25)21-27-19-11-4-12-20-27;1-4-5(2)3/h1-20H,21H2;2,4H2,1,3H3/q+2;. The zero-order chi connectivity index (χ0) is 24.5.